The number of carboxylic acids is 1. The first-order valence-corrected chi connectivity index (χ1v) is 5.58. The Kier molecular flexibility index (Phi) is 3.74. The lowest BCUT2D eigenvalue weighted by Gasteiger charge is -2.07. The van der Waals surface area contributed by atoms with E-state index in [1.54, 1.807) is 12.1 Å². The van der Waals surface area contributed by atoms with Crippen molar-refractivity contribution < 1.29 is 19.0 Å². The van der Waals surface area contributed by atoms with Crippen molar-refractivity contribution in [1.29, 1.82) is 0 Å². The van der Waals surface area contributed by atoms with E-state index in [9.17, 15) is 9.18 Å². The molecule has 2 rings (SSSR count). The second-order valence-electron chi connectivity index (χ2n) is 3.95. The summed E-state index contributed by atoms with van der Waals surface area (Å²) in [5.41, 5.74) is 0.757. The first-order chi connectivity index (χ1) is 9.06. The van der Waals surface area contributed by atoms with Gasteiger partial charge in [0, 0.05) is 0 Å². The van der Waals surface area contributed by atoms with E-state index >= 15 is 0 Å². The van der Waals surface area contributed by atoms with E-state index in [0.717, 1.165) is 5.56 Å². The maximum absolute atomic E-state index is 13.4. The molecule has 0 aliphatic carbocycles. The van der Waals surface area contributed by atoms with Crippen LogP contribution in [0.4, 0.5) is 4.39 Å². The van der Waals surface area contributed by atoms with Gasteiger partial charge >= 0.3 is 5.97 Å². The van der Waals surface area contributed by atoms with Crippen LogP contribution in [0.3, 0.4) is 0 Å². The molecule has 100 valence electrons. The Bertz CT molecular complexity index is 598. The third-order valence-corrected chi connectivity index (χ3v) is 2.42. The predicted octanol–water partition coefficient (Wildman–Crippen LogP) is 1.50. The number of rotatable bonds is 5. The van der Waals surface area contributed by atoms with E-state index in [1.165, 1.54) is 16.9 Å². The molecule has 6 nitrogen and oxygen atoms in total. The van der Waals surface area contributed by atoms with Gasteiger partial charge in [-0.1, -0.05) is 11.3 Å². The van der Waals surface area contributed by atoms with Gasteiger partial charge in [0.15, 0.2) is 17.3 Å². The number of aryl methyl sites for hydroxylation is 1. The summed E-state index contributed by atoms with van der Waals surface area (Å²) in [6.45, 7) is 2.29. The standard InChI is InChI=1S/C12H12FN3O3/c1-8-2-3-9(13)11(6-8)19-5-4-16-7-10(12(17)18)14-15-16/h2-3,6-7H,4-5H2,1H3,(H,17,18). The molecular weight excluding hydrogens is 253 g/mol. The molecule has 2 aromatic rings. The lowest BCUT2D eigenvalue weighted by atomic mass is 10.2. The second kappa shape index (κ2) is 5.47. The van der Waals surface area contributed by atoms with Gasteiger partial charge in [-0.3, -0.25) is 0 Å². The van der Waals surface area contributed by atoms with Crippen LogP contribution in [0.15, 0.2) is 24.4 Å². The average molecular weight is 265 g/mol. The zero-order chi connectivity index (χ0) is 13.8. The van der Waals surface area contributed by atoms with Crippen LogP contribution in [-0.4, -0.2) is 32.7 Å². The molecule has 1 aromatic carbocycles. The van der Waals surface area contributed by atoms with Crippen LogP contribution in [0.25, 0.3) is 0 Å². The molecule has 0 bridgehead atoms. The third-order valence-electron chi connectivity index (χ3n) is 2.42. The van der Waals surface area contributed by atoms with Crippen molar-refractivity contribution >= 4 is 5.97 Å². The van der Waals surface area contributed by atoms with Crippen LogP contribution < -0.4 is 4.74 Å². The lowest BCUT2D eigenvalue weighted by Crippen LogP contribution is -2.09. The van der Waals surface area contributed by atoms with Crippen LogP contribution in [-0.2, 0) is 6.54 Å². The van der Waals surface area contributed by atoms with Gasteiger partial charge in [-0.2, -0.15) is 0 Å². The smallest absolute Gasteiger partial charge is 0.358 e. The SMILES string of the molecule is Cc1ccc(F)c(OCCn2cc(C(=O)O)nn2)c1. The van der Waals surface area contributed by atoms with Crippen molar-refractivity contribution in [1.82, 2.24) is 15.0 Å². The molecule has 1 N–H and O–H groups in total. The van der Waals surface area contributed by atoms with E-state index in [4.69, 9.17) is 9.84 Å². The fourth-order valence-electron chi connectivity index (χ4n) is 1.48. The van der Waals surface area contributed by atoms with Crippen LogP contribution >= 0.6 is 0 Å². The normalized spacial score (nSPS) is 10.4. The minimum Gasteiger partial charge on any atom is -0.489 e. The Balaban J connectivity index is 1.92. The Morgan fingerprint density at radius 2 is 2.32 bits per heavy atom. The van der Waals surface area contributed by atoms with Crippen molar-refractivity contribution in [2.75, 3.05) is 6.61 Å². The molecule has 0 atom stereocenters. The highest BCUT2D eigenvalue weighted by atomic mass is 19.1. The van der Waals surface area contributed by atoms with Crippen molar-refractivity contribution in [3.63, 3.8) is 0 Å². The summed E-state index contributed by atoms with van der Waals surface area (Å²) in [4.78, 5) is 10.6. The lowest BCUT2D eigenvalue weighted by molar-refractivity contribution is 0.0690. The number of carboxylic acid groups (broad SMARTS) is 1. The van der Waals surface area contributed by atoms with Gasteiger partial charge in [0.1, 0.15) is 6.61 Å². The number of benzene rings is 1. The molecule has 1 heterocycles. The number of ether oxygens (including phenoxy) is 1. The molecule has 0 saturated carbocycles. The molecule has 0 saturated heterocycles. The average Bonchev–Trinajstić information content (AvgIpc) is 2.82. The Labute approximate surface area is 108 Å². The van der Waals surface area contributed by atoms with Crippen molar-refractivity contribution in [3.8, 4) is 5.75 Å². The van der Waals surface area contributed by atoms with Gasteiger partial charge in [-0.05, 0) is 24.6 Å². The van der Waals surface area contributed by atoms with Crippen molar-refractivity contribution in [2.45, 2.75) is 13.5 Å². The topological polar surface area (TPSA) is 77.2 Å². The molecule has 19 heavy (non-hydrogen) atoms. The largest absolute Gasteiger partial charge is 0.489 e. The summed E-state index contributed by atoms with van der Waals surface area (Å²) >= 11 is 0. The zero-order valence-electron chi connectivity index (χ0n) is 10.2. The highest BCUT2D eigenvalue weighted by molar-refractivity contribution is 5.84. The summed E-state index contributed by atoms with van der Waals surface area (Å²) in [5, 5.41) is 15.7. The van der Waals surface area contributed by atoms with E-state index in [-0.39, 0.29) is 24.6 Å². The Hall–Kier alpha value is -2.44. The van der Waals surface area contributed by atoms with Crippen LogP contribution in [0.1, 0.15) is 16.1 Å². The highest BCUT2D eigenvalue weighted by Crippen LogP contribution is 2.18. The van der Waals surface area contributed by atoms with Gasteiger partial charge in [0.25, 0.3) is 0 Å². The number of halogens is 1. The quantitative estimate of drug-likeness (QED) is 0.886. The highest BCUT2D eigenvalue weighted by Gasteiger charge is 2.08. The summed E-state index contributed by atoms with van der Waals surface area (Å²) < 4.78 is 20.0. The number of carbonyl (C=O) groups is 1. The maximum Gasteiger partial charge on any atom is 0.358 e. The molecule has 0 aliphatic heterocycles. The molecule has 0 radical (unpaired) electrons. The first-order valence-electron chi connectivity index (χ1n) is 5.58. The summed E-state index contributed by atoms with van der Waals surface area (Å²) in [5.74, 6) is -1.41. The van der Waals surface area contributed by atoms with Crippen LogP contribution in [0, 0.1) is 12.7 Å². The number of aromatic nitrogens is 3. The van der Waals surface area contributed by atoms with Crippen molar-refractivity contribution in [3.05, 3.63) is 41.5 Å². The van der Waals surface area contributed by atoms with Crippen LogP contribution in [0.2, 0.25) is 0 Å². The monoisotopic (exact) mass is 265 g/mol. The van der Waals surface area contributed by atoms with E-state index in [1.807, 2.05) is 6.92 Å². The fraction of sp³-hybridized carbons (Fsp3) is 0.250. The number of hydrogen-bond acceptors (Lipinski definition) is 4. The minimum atomic E-state index is -1.14. The molecule has 0 amide bonds. The van der Waals surface area contributed by atoms with Gasteiger partial charge in [0.05, 0.1) is 12.7 Å². The van der Waals surface area contributed by atoms with Crippen molar-refractivity contribution in [2.24, 2.45) is 0 Å². The first kappa shape index (κ1) is 13.0. The predicted molar refractivity (Wildman–Crippen MR) is 63.6 cm³/mol. The molecule has 0 unspecified atom stereocenters. The van der Waals surface area contributed by atoms with E-state index < -0.39 is 11.8 Å². The minimum absolute atomic E-state index is 0.137. The number of hydrogen-bond donors (Lipinski definition) is 1. The Morgan fingerprint density at radius 1 is 1.53 bits per heavy atom. The summed E-state index contributed by atoms with van der Waals surface area (Å²) in [6, 6.07) is 4.58. The summed E-state index contributed by atoms with van der Waals surface area (Å²) in [6.07, 6.45) is 1.29. The Morgan fingerprint density at radius 3 is 3.00 bits per heavy atom. The fourth-order valence-corrected chi connectivity index (χ4v) is 1.48. The molecule has 0 aliphatic rings. The van der Waals surface area contributed by atoms with E-state index in [2.05, 4.69) is 10.3 Å². The van der Waals surface area contributed by atoms with Gasteiger partial charge in [-0.15, -0.1) is 5.10 Å². The molecular formula is C12H12FN3O3. The number of nitrogens with zero attached hydrogens (tertiary/aromatic N) is 3. The molecule has 1 aromatic heterocycles. The molecule has 0 spiro atoms. The number of aromatic carboxylic acids is 1. The van der Waals surface area contributed by atoms with Gasteiger partial charge in [-0.25, -0.2) is 13.9 Å². The van der Waals surface area contributed by atoms with Gasteiger partial charge in [0.2, 0.25) is 0 Å². The summed E-state index contributed by atoms with van der Waals surface area (Å²) in [7, 11) is 0. The molecule has 0 fully saturated rings. The zero-order valence-corrected chi connectivity index (χ0v) is 10.2. The second-order valence-corrected chi connectivity index (χ2v) is 3.95. The van der Waals surface area contributed by atoms with Gasteiger partial charge < -0.3 is 9.84 Å². The van der Waals surface area contributed by atoms with E-state index in [0.29, 0.717) is 0 Å². The van der Waals surface area contributed by atoms with Crippen LogP contribution in [0.5, 0.6) is 5.75 Å². The molecule has 7 heteroatoms. The maximum atomic E-state index is 13.4. The third kappa shape index (κ3) is 3.27.